The number of esters is 1. The Morgan fingerprint density at radius 1 is 1.05 bits per heavy atom. The number of ether oxygens (including phenoxy) is 1. The summed E-state index contributed by atoms with van der Waals surface area (Å²) in [5.74, 6) is 10.7. The first-order valence-electron chi connectivity index (χ1n) is 8.34. The van der Waals surface area contributed by atoms with E-state index >= 15 is 0 Å². The molecule has 0 aromatic heterocycles. The standard InChI is InChI=1S/C19H26O3/c1-3-4-5-6-7-8-9-10-11-12-13-14-18-17(20)15-16(2)19(21)22-18/h16,18H,3-9,14-15H2,1-2H3. The molecule has 0 bridgehead atoms. The van der Waals surface area contributed by atoms with Gasteiger partial charge in [-0.1, -0.05) is 57.8 Å². The van der Waals surface area contributed by atoms with Crippen molar-refractivity contribution in [3.8, 4) is 23.7 Å². The second kappa shape index (κ2) is 10.9. The van der Waals surface area contributed by atoms with Crippen LogP contribution in [0, 0.1) is 29.6 Å². The summed E-state index contributed by atoms with van der Waals surface area (Å²) in [5, 5.41) is 0. The maximum Gasteiger partial charge on any atom is 0.309 e. The second-order valence-corrected chi connectivity index (χ2v) is 5.82. The van der Waals surface area contributed by atoms with Crippen molar-refractivity contribution in [3.05, 3.63) is 0 Å². The average molecular weight is 302 g/mol. The Morgan fingerprint density at radius 3 is 2.50 bits per heavy atom. The minimum Gasteiger partial charge on any atom is -0.453 e. The predicted octanol–water partition coefficient (Wildman–Crippen LogP) is 3.65. The molecule has 1 saturated heterocycles. The van der Waals surface area contributed by atoms with E-state index in [1.807, 2.05) is 0 Å². The third-order valence-corrected chi connectivity index (χ3v) is 3.71. The molecule has 0 amide bonds. The van der Waals surface area contributed by atoms with Crippen LogP contribution in [-0.4, -0.2) is 17.9 Å². The predicted molar refractivity (Wildman–Crippen MR) is 86.8 cm³/mol. The summed E-state index contributed by atoms with van der Waals surface area (Å²) < 4.78 is 5.06. The Bertz CT molecular complexity index is 484. The summed E-state index contributed by atoms with van der Waals surface area (Å²) >= 11 is 0. The molecule has 3 nitrogen and oxygen atoms in total. The number of hydrogen-bond acceptors (Lipinski definition) is 3. The zero-order chi connectivity index (χ0) is 16.2. The van der Waals surface area contributed by atoms with Crippen molar-refractivity contribution in [2.75, 3.05) is 0 Å². The summed E-state index contributed by atoms with van der Waals surface area (Å²) in [5.41, 5.74) is 0. The van der Waals surface area contributed by atoms with Gasteiger partial charge in [0.1, 0.15) is 0 Å². The van der Waals surface area contributed by atoms with Crippen LogP contribution >= 0.6 is 0 Å². The molecule has 0 saturated carbocycles. The molecule has 0 aliphatic carbocycles. The molecule has 0 radical (unpaired) electrons. The zero-order valence-electron chi connectivity index (χ0n) is 13.7. The molecule has 1 fully saturated rings. The lowest BCUT2D eigenvalue weighted by Gasteiger charge is -2.23. The van der Waals surface area contributed by atoms with E-state index in [4.69, 9.17) is 4.74 Å². The summed E-state index contributed by atoms with van der Waals surface area (Å²) in [6.45, 7) is 3.92. The lowest BCUT2D eigenvalue weighted by atomic mass is 9.97. The van der Waals surface area contributed by atoms with Gasteiger partial charge in [-0.3, -0.25) is 9.59 Å². The van der Waals surface area contributed by atoms with Gasteiger partial charge >= 0.3 is 5.97 Å². The normalized spacial score (nSPS) is 20.5. The first-order chi connectivity index (χ1) is 10.6. The number of unbranched alkanes of at least 4 members (excludes halogenated alkanes) is 6. The van der Waals surface area contributed by atoms with Crippen LogP contribution in [0.1, 0.15) is 71.6 Å². The van der Waals surface area contributed by atoms with Crippen molar-refractivity contribution in [2.45, 2.75) is 77.7 Å². The smallest absolute Gasteiger partial charge is 0.309 e. The number of carbonyl (C=O) groups excluding carboxylic acids is 2. The molecule has 1 aliphatic heterocycles. The molecule has 0 N–H and O–H groups in total. The lowest BCUT2D eigenvalue weighted by Crippen LogP contribution is -2.37. The lowest BCUT2D eigenvalue weighted by molar-refractivity contribution is -0.165. The minimum atomic E-state index is -0.698. The number of Topliss-reactive ketones (excluding diaryl/α,β-unsaturated/α-hetero) is 1. The van der Waals surface area contributed by atoms with Crippen molar-refractivity contribution in [3.63, 3.8) is 0 Å². The van der Waals surface area contributed by atoms with Crippen LogP contribution in [-0.2, 0) is 14.3 Å². The van der Waals surface area contributed by atoms with Gasteiger partial charge in [-0.15, -0.1) is 0 Å². The van der Waals surface area contributed by atoms with E-state index < -0.39 is 6.10 Å². The highest BCUT2D eigenvalue weighted by molar-refractivity contribution is 5.92. The number of cyclic esters (lactones) is 1. The fraction of sp³-hybridized carbons (Fsp3) is 0.684. The molecule has 0 aromatic rings. The van der Waals surface area contributed by atoms with Crippen LogP contribution < -0.4 is 0 Å². The highest BCUT2D eigenvalue weighted by Crippen LogP contribution is 2.18. The zero-order valence-corrected chi connectivity index (χ0v) is 13.7. The molecule has 2 atom stereocenters. The minimum absolute atomic E-state index is 0.0403. The Morgan fingerprint density at radius 2 is 1.73 bits per heavy atom. The van der Waals surface area contributed by atoms with Gasteiger partial charge in [0.2, 0.25) is 0 Å². The molecule has 1 aliphatic rings. The van der Waals surface area contributed by atoms with Crippen molar-refractivity contribution in [2.24, 2.45) is 5.92 Å². The number of carbonyl (C=O) groups is 2. The Labute approximate surface area is 134 Å². The first kappa shape index (κ1) is 18.3. The van der Waals surface area contributed by atoms with E-state index in [1.165, 1.54) is 32.1 Å². The highest BCUT2D eigenvalue weighted by Gasteiger charge is 2.33. The third-order valence-electron chi connectivity index (χ3n) is 3.71. The van der Waals surface area contributed by atoms with Crippen LogP contribution in [0.4, 0.5) is 0 Å². The van der Waals surface area contributed by atoms with Gasteiger partial charge in [0.05, 0.1) is 12.3 Å². The Kier molecular flexibility index (Phi) is 9.08. The first-order valence-corrected chi connectivity index (χ1v) is 8.34. The molecule has 3 heteroatoms. The largest absolute Gasteiger partial charge is 0.453 e. The van der Waals surface area contributed by atoms with E-state index in [1.54, 1.807) is 6.92 Å². The summed E-state index contributed by atoms with van der Waals surface area (Å²) in [7, 11) is 0. The van der Waals surface area contributed by atoms with Gasteiger partial charge in [0.15, 0.2) is 11.9 Å². The van der Waals surface area contributed by atoms with E-state index in [0.717, 1.165) is 12.8 Å². The quantitative estimate of drug-likeness (QED) is 0.409. The molecule has 1 rings (SSSR count). The van der Waals surface area contributed by atoms with Crippen LogP contribution in [0.25, 0.3) is 0 Å². The average Bonchev–Trinajstić information content (AvgIpc) is 2.49. The topological polar surface area (TPSA) is 43.4 Å². The SMILES string of the molecule is CCCCCCCCC#CC#CCC1OC(=O)C(C)CC1=O. The van der Waals surface area contributed by atoms with E-state index in [9.17, 15) is 9.59 Å². The molecular formula is C19H26O3. The fourth-order valence-corrected chi connectivity index (χ4v) is 2.28. The van der Waals surface area contributed by atoms with Crippen LogP contribution in [0.3, 0.4) is 0 Å². The van der Waals surface area contributed by atoms with Crippen LogP contribution in [0.5, 0.6) is 0 Å². The van der Waals surface area contributed by atoms with Crippen molar-refractivity contribution in [1.29, 1.82) is 0 Å². The monoisotopic (exact) mass is 302 g/mol. The highest BCUT2D eigenvalue weighted by atomic mass is 16.5. The molecule has 0 spiro atoms. The number of ketones is 1. The maximum atomic E-state index is 11.7. The summed E-state index contributed by atoms with van der Waals surface area (Å²) in [4.78, 5) is 23.1. The molecule has 0 aromatic carbocycles. The van der Waals surface area contributed by atoms with Gasteiger partial charge in [-0.2, -0.15) is 0 Å². The van der Waals surface area contributed by atoms with Gasteiger partial charge in [-0.25, -0.2) is 0 Å². The van der Waals surface area contributed by atoms with E-state index in [2.05, 4.69) is 30.6 Å². The third kappa shape index (κ3) is 7.32. The number of hydrogen-bond donors (Lipinski definition) is 0. The van der Waals surface area contributed by atoms with Crippen molar-refractivity contribution >= 4 is 11.8 Å². The van der Waals surface area contributed by atoms with Gasteiger partial charge < -0.3 is 4.74 Å². The molecule has 120 valence electrons. The molecule has 22 heavy (non-hydrogen) atoms. The maximum absolute atomic E-state index is 11.7. The Balaban J connectivity index is 2.16. The fourth-order valence-electron chi connectivity index (χ4n) is 2.28. The van der Waals surface area contributed by atoms with Crippen LogP contribution in [0.15, 0.2) is 0 Å². The second-order valence-electron chi connectivity index (χ2n) is 5.82. The molecular weight excluding hydrogens is 276 g/mol. The van der Waals surface area contributed by atoms with Crippen molar-refractivity contribution < 1.29 is 14.3 Å². The molecule has 1 heterocycles. The Hall–Kier alpha value is -1.74. The summed E-state index contributed by atoms with van der Waals surface area (Å²) in [6, 6.07) is 0. The van der Waals surface area contributed by atoms with Gasteiger partial charge in [0.25, 0.3) is 0 Å². The number of rotatable bonds is 7. The molecule has 2 unspecified atom stereocenters. The van der Waals surface area contributed by atoms with Gasteiger partial charge in [-0.05, 0) is 18.3 Å². The van der Waals surface area contributed by atoms with Crippen molar-refractivity contribution in [1.82, 2.24) is 0 Å². The van der Waals surface area contributed by atoms with Gasteiger partial charge in [0, 0.05) is 12.8 Å². The van der Waals surface area contributed by atoms with Crippen LogP contribution in [0.2, 0.25) is 0 Å². The van der Waals surface area contributed by atoms with E-state index in [0.29, 0.717) is 0 Å². The summed E-state index contributed by atoms with van der Waals surface area (Å²) in [6.07, 6.45) is 8.23. The van der Waals surface area contributed by atoms with E-state index in [-0.39, 0.29) is 30.5 Å².